The minimum absolute atomic E-state index is 0.0403. The van der Waals surface area contributed by atoms with Crippen LogP contribution in [0.3, 0.4) is 0 Å². The van der Waals surface area contributed by atoms with Gasteiger partial charge >= 0.3 is 6.61 Å². The molecule has 3 aromatic rings. The Labute approximate surface area is 146 Å². The summed E-state index contributed by atoms with van der Waals surface area (Å²) in [6.07, 6.45) is 5.32. The summed E-state index contributed by atoms with van der Waals surface area (Å²) in [7, 11) is 0. The highest BCUT2D eigenvalue weighted by molar-refractivity contribution is 6.05. The van der Waals surface area contributed by atoms with Gasteiger partial charge in [0, 0.05) is 16.5 Å². The molecule has 8 heteroatoms. The largest absolute Gasteiger partial charge is 0.433 e. The van der Waals surface area contributed by atoms with Crippen LogP contribution in [0.15, 0.2) is 36.4 Å². The summed E-state index contributed by atoms with van der Waals surface area (Å²) >= 11 is 0. The number of primary amides is 1. The molecule has 0 fully saturated rings. The first-order valence-corrected chi connectivity index (χ1v) is 7.40. The van der Waals surface area contributed by atoms with Gasteiger partial charge in [0.15, 0.2) is 5.75 Å². The predicted molar refractivity (Wildman–Crippen MR) is 89.1 cm³/mol. The number of terminal acetylenes is 1. The quantitative estimate of drug-likeness (QED) is 0.712. The molecule has 0 bridgehead atoms. The number of carbonyl (C=O) groups is 1. The Hall–Kier alpha value is -3.47. The normalized spacial score (nSPS) is 10.9. The molecule has 132 valence electrons. The van der Waals surface area contributed by atoms with Gasteiger partial charge in [0.05, 0.1) is 0 Å². The molecular formula is C18H12F3N3O2. The maximum atomic E-state index is 13.8. The summed E-state index contributed by atoms with van der Waals surface area (Å²) in [5.41, 5.74) is 5.92. The standard InChI is InChI=1S/C18H12F3N3O2/c1-2-8-24-16-12(4-3-5-14(16)26-18(20)21)15(23-24)13-9-10(19)6-7-11(13)17(22)25/h1,3-7,9,18H,8H2,(H2,22,25). The minimum atomic E-state index is -3.05. The summed E-state index contributed by atoms with van der Waals surface area (Å²) in [6.45, 7) is -3.09. The van der Waals surface area contributed by atoms with Crippen LogP contribution >= 0.6 is 0 Å². The van der Waals surface area contributed by atoms with Gasteiger partial charge < -0.3 is 10.5 Å². The average Bonchev–Trinajstić information content (AvgIpc) is 2.94. The van der Waals surface area contributed by atoms with Crippen LogP contribution < -0.4 is 10.5 Å². The van der Waals surface area contributed by atoms with E-state index >= 15 is 0 Å². The number of nitrogens with two attached hydrogens (primary N) is 1. The Morgan fingerprint density at radius 2 is 2.12 bits per heavy atom. The number of alkyl halides is 2. The molecule has 1 aromatic heterocycles. The second-order valence-corrected chi connectivity index (χ2v) is 5.30. The molecule has 26 heavy (non-hydrogen) atoms. The second-order valence-electron chi connectivity index (χ2n) is 5.30. The molecule has 0 atom stereocenters. The number of halogens is 3. The van der Waals surface area contributed by atoms with Crippen molar-refractivity contribution < 1.29 is 22.7 Å². The third kappa shape index (κ3) is 3.07. The number of benzene rings is 2. The van der Waals surface area contributed by atoms with E-state index in [9.17, 15) is 18.0 Å². The lowest BCUT2D eigenvalue weighted by Gasteiger charge is -2.07. The van der Waals surface area contributed by atoms with Crippen molar-refractivity contribution in [3.8, 4) is 29.4 Å². The lowest BCUT2D eigenvalue weighted by atomic mass is 10.0. The Kier molecular flexibility index (Phi) is 4.54. The van der Waals surface area contributed by atoms with Crippen molar-refractivity contribution in [1.82, 2.24) is 9.78 Å². The fourth-order valence-corrected chi connectivity index (χ4v) is 2.72. The maximum absolute atomic E-state index is 13.8. The lowest BCUT2D eigenvalue weighted by Crippen LogP contribution is -2.12. The van der Waals surface area contributed by atoms with Crippen LogP contribution in [0.4, 0.5) is 13.2 Å². The van der Waals surface area contributed by atoms with Crippen LogP contribution in [0.2, 0.25) is 0 Å². The number of aromatic nitrogens is 2. The summed E-state index contributed by atoms with van der Waals surface area (Å²) in [5.74, 6) is 0.841. The van der Waals surface area contributed by atoms with Gasteiger partial charge in [-0.15, -0.1) is 6.42 Å². The summed E-state index contributed by atoms with van der Waals surface area (Å²) in [5, 5.41) is 4.64. The topological polar surface area (TPSA) is 70.1 Å². The molecule has 2 N–H and O–H groups in total. The van der Waals surface area contributed by atoms with Gasteiger partial charge in [-0.25, -0.2) is 9.07 Å². The monoisotopic (exact) mass is 359 g/mol. The van der Waals surface area contributed by atoms with Crippen molar-refractivity contribution >= 4 is 16.8 Å². The van der Waals surface area contributed by atoms with Gasteiger partial charge in [-0.1, -0.05) is 18.1 Å². The average molecular weight is 359 g/mol. The number of rotatable bonds is 5. The molecule has 0 saturated carbocycles. The van der Waals surface area contributed by atoms with Gasteiger partial charge in [-0.2, -0.15) is 13.9 Å². The van der Waals surface area contributed by atoms with Crippen LogP contribution in [0.5, 0.6) is 5.75 Å². The van der Waals surface area contributed by atoms with E-state index in [1.165, 1.54) is 22.9 Å². The number of carbonyl (C=O) groups excluding carboxylic acids is 1. The van der Waals surface area contributed by atoms with E-state index in [0.29, 0.717) is 5.39 Å². The third-order valence-corrected chi connectivity index (χ3v) is 3.69. The number of para-hydroxylation sites is 1. The summed E-state index contributed by atoms with van der Waals surface area (Å²) in [6, 6.07) is 7.83. The first-order chi connectivity index (χ1) is 12.4. The van der Waals surface area contributed by atoms with Crippen LogP contribution in [0, 0.1) is 18.2 Å². The minimum Gasteiger partial charge on any atom is -0.433 e. The highest BCUT2D eigenvalue weighted by Gasteiger charge is 2.21. The number of ether oxygens (including phenoxy) is 1. The van der Waals surface area contributed by atoms with Gasteiger partial charge in [0.25, 0.3) is 0 Å². The smallest absolute Gasteiger partial charge is 0.387 e. The van der Waals surface area contributed by atoms with Crippen molar-refractivity contribution in [2.45, 2.75) is 13.2 Å². The highest BCUT2D eigenvalue weighted by Crippen LogP contribution is 2.35. The van der Waals surface area contributed by atoms with E-state index in [1.807, 2.05) is 0 Å². The SMILES string of the molecule is C#CCn1nc(-c2cc(F)ccc2C(N)=O)c2cccc(OC(F)F)c21. The molecule has 1 amide bonds. The van der Waals surface area contributed by atoms with Crippen molar-refractivity contribution in [1.29, 1.82) is 0 Å². The Bertz CT molecular complexity index is 1040. The van der Waals surface area contributed by atoms with Crippen molar-refractivity contribution in [3.63, 3.8) is 0 Å². The first kappa shape index (κ1) is 17.4. The Morgan fingerprint density at radius 1 is 1.35 bits per heavy atom. The van der Waals surface area contributed by atoms with E-state index in [1.54, 1.807) is 6.07 Å². The molecule has 0 aliphatic heterocycles. The number of amides is 1. The number of hydrogen-bond acceptors (Lipinski definition) is 3. The lowest BCUT2D eigenvalue weighted by molar-refractivity contribution is -0.0490. The molecule has 0 radical (unpaired) electrons. The van der Waals surface area contributed by atoms with Crippen LogP contribution in [-0.2, 0) is 6.54 Å². The Balaban J connectivity index is 2.34. The van der Waals surface area contributed by atoms with Gasteiger partial charge in [0.1, 0.15) is 23.6 Å². The van der Waals surface area contributed by atoms with Crippen molar-refractivity contribution in [3.05, 3.63) is 47.8 Å². The van der Waals surface area contributed by atoms with Gasteiger partial charge in [-0.05, 0) is 24.3 Å². The predicted octanol–water partition coefficient (Wildman–Crippen LogP) is 3.18. The zero-order valence-corrected chi connectivity index (χ0v) is 13.2. The molecule has 0 aliphatic carbocycles. The number of hydrogen-bond donors (Lipinski definition) is 1. The fraction of sp³-hybridized carbons (Fsp3) is 0.111. The molecule has 3 rings (SSSR count). The molecule has 0 unspecified atom stereocenters. The van der Waals surface area contributed by atoms with E-state index < -0.39 is 18.3 Å². The van der Waals surface area contributed by atoms with E-state index in [2.05, 4.69) is 15.8 Å². The molecule has 5 nitrogen and oxygen atoms in total. The molecular weight excluding hydrogens is 347 g/mol. The number of fused-ring (bicyclic) bond motifs is 1. The highest BCUT2D eigenvalue weighted by atomic mass is 19.3. The third-order valence-electron chi connectivity index (χ3n) is 3.69. The fourth-order valence-electron chi connectivity index (χ4n) is 2.72. The van der Waals surface area contributed by atoms with Crippen molar-refractivity contribution in [2.24, 2.45) is 5.73 Å². The van der Waals surface area contributed by atoms with Crippen LogP contribution in [0.1, 0.15) is 10.4 Å². The zero-order valence-electron chi connectivity index (χ0n) is 13.2. The molecule has 0 aliphatic rings. The van der Waals surface area contributed by atoms with Crippen molar-refractivity contribution in [2.75, 3.05) is 0 Å². The molecule has 0 saturated heterocycles. The van der Waals surface area contributed by atoms with E-state index in [4.69, 9.17) is 12.2 Å². The summed E-state index contributed by atoms with van der Waals surface area (Å²) < 4.78 is 45.0. The van der Waals surface area contributed by atoms with E-state index in [0.717, 1.165) is 12.1 Å². The number of nitrogens with zero attached hydrogens (tertiary/aromatic N) is 2. The molecule has 2 aromatic carbocycles. The summed E-state index contributed by atoms with van der Waals surface area (Å²) in [4.78, 5) is 11.7. The zero-order chi connectivity index (χ0) is 18.8. The van der Waals surface area contributed by atoms with Crippen LogP contribution in [-0.4, -0.2) is 22.3 Å². The van der Waals surface area contributed by atoms with E-state index in [-0.39, 0.29) is 34.6 Å². The first-order valence-electron chi connectivity index (χ1n) is 7.40. The maximum Gasteiger partial charge on any atom is 0.387 e. The molecule has 0 spiro atoms. The Morgan fingerprint density at radius 3 is 2.77 bits per heavy atom. The van der Waals surface area contributed by atoms with Crippen LogP contribution in [0.25, 0.3) is 22.2 Å². The van der Waals surface area contributed by atoms with Gasteiger partial charge in [-0.3, -0.25) is 4.79 Å². The van der Waals surface area contributed by atoms with Gasteiger partial charge in [0.2, 0.25) is 5.91 Å². The second kappa shape index (κ2) is 6.80. The molecule has 1 heterocycles.